The average molecular weight is 1040 g/mol. The van der Waals surface area contributed by atoms with Gasteiger partial charge in [-0.05, 0) is 77.0 Å². The van der Waals surface area contributed by atoms with Gasteiger partial charge < -0.3 is 14.2 Å². The summed E-state index contributed by atoms with van der Waals surface area (Å²) in [6, 6.07) is 0. The number of hydrogen-bond acceptors (Lipinski definition) is 6. The van der Waals surface area contributed by atoms with Crippen molar-refractivity contribution in [1.82, 2.24) is 0 Å². The normalized spacial score (nSPS) is 12.2. The molecular formula is C68H126O6. The van der Waals surface area contributed by atoms with E-state index in [0.717, 1.165) is 64.2 Å². The topological polar surface area (TPSA) is 78.9 Å². The Kier molecular flexibility index (Phi) is 61.1. The zero-order chi connectivity index (χ0) is 53.6. The van der Waals surface area contributed by atoms with Gasteiger partial charge in [0.05, 0.1) is 0 Å². The highest BCUT2D eigenvalue weighted by Gasteiger charge is 2.19. The molecule has 0 radical (unpaired) electrons. The van der Waals surface area contributed by atoms with Crippen molar-refractivity contribution < 1.29 is 28.6 Å². The second kappa shape index (κ2) is 63.2. The number of hydrogen-bond donors (Lipinski definition) is 0. The van der Waals surface area contributed by atoms with Crippen LogP contribution in [0.25, 0.3) is 0 Å². The van der Waals surface area contributed by atoms with Gasteiger partial charge in [-0.1, -0.05) is 301 Å². The van der Waals surface area contributed by atoms with Crippen molar-refractivity contribution >= 4 is 17.9 Å². The number of carbonyl (C=O) groups excluding carboxylic acids is 3. The second-order valence-electron chi connectivity index (χ2n) is 22.4. The lowest BCUT2D eigenvalue weighted by Gasteiger charge is -2.18. The van der Waals surface area contributed by atoms with Crippen molar-refractivity contribution in [3.8, 4) is 0 Å². The summed E-state index contributed by atoms with van der Waals surface area (Å²) in [6.45, 7) is 6.65. The van der Waals surface area contributed by atoms with Crippen LogP contribution in [0.3, 0.4) is 0 Å². The molecular weight excluding hydrogens is 913 g/mol. The van der Waals surface area contributed by atoms with Gasteiger partial charge in [0, 0.05) is 19.3 Å². The minimum atomic E-state index is -0.771. The Hall–Kier alpha value is -2.37. The van der Waals surface area contributed by atoms with Gasteiger partial charge in [0.1, 0.15) is 13.2 Å². The first kappa shape index (κ1) is 71.6. The summed E-state index contributed by atoms with van der Waals surface area (Å²) in [5, 5.41) is 0. The van der Waals surface area contributed by atoms with Gasteiger partial charge in [0.25, 0.3) is 0 Å². The van der Waals surface area contributed by atoms with Crippen LogP contribution in [0.4, 0.5) is 0 Å². The smallest absolute Gasteiger partial charge is 0.306 e. The van der Waals surface area contributed by atoms with Gasteiger partial charge in [0.2, 0.25) is 0 Å². The van der Waals surface area contributed by atoms with Gasteiger partial charge >= 0.3 is 17.9 Å². The molecule has 0 aliphatic rings. The summed E-state index contributed by atoms with van der Waals surface area (Å²) in [4.78, 5) is 38.1. The predicted molar refractivity (Wildman–Crippen MR) is 321 cm³/mol. The van der Waals surface area contributed by atoms with Crippen LogP contribution in [-0.4, -0.2) is 37.2 Å². The molecule has 6 heteroatoms. The lowest BCUT2D eigenvalue weighted by atomic mass is 10.0. The second-order valence-corrected chi connectivity index (χ2v) is 22.4. The van der Waals surface area contributed by atoms with Gasteiger partial charge in [0.15, 0.2) is 6.10 Å². The molecule has 0 aliphatic heterocycles. The molecule has 0 aromatic rings. The van der Waals surface area contributed by atoms with E-state index in [0.29, 0.717) is 19.3 Å². The van der Waals surface area contributed by atoms with E-state index in [1.54, 1.807) is 0 Å². The fourth-order valence-electron chi connectivity index (χ4n) is 9.88. The largest absolute Gasteiger partial charge is 0.462 e. The predicted octanol–water partition coefficient (Wildman–Crippen LogP) is 22.4. The van der Waals surface area contributed by atoms with Crippen molar-refractivity contribution in [2.24, 2.45) is 0 Å². The highest BCUT2D eigenvalue weighted by atomic mass is 16.6. The van der Waals surface area contributed by atoms with Crippen LogP contribution in [0.2, 0.25) is 0 Å². The zero-order valence-electron chi connectivity index (χ0n) is 49.9. The number of esters is 3. The first-order valence-corrected chi connectivity index (χ1v) is 33.0. The fraction of sp³-hybridized carbons (Fsp3) is 0.868. The SMILES string of the molecule is CCCCCCC/C=C\C/C=C\CCCCCCCCCCCC(=O)OC(COC(=O)CCCCCCCCCC)COC(=O)CCCCCCCCCCCCCCCCC/C=C\CCCCCCCCCC. The number of carbonyl (C=O) groups is 3. The summed E-state index contributed by atoms with van der Waals surface area (Å²) < 4.78 is 16.9. The number of ether oxygens (including phenoxy) is 3. The third-order valence-electron chi connectivity index (χ3n) is 14.9. The zero-order valence-corrected chi connectivity index (χ0v) is 49.9. The van der Waals surface area contributed by atoms with Crippen molar-refractivity contribution in [2.75, 3.05) is 13.2 Å². The molecule has 0 amide bonds. The van der Waals surface area contributed by atoms with Crippen LogP contribution in [-0.2, 0) is 28.6 Å². The monoisotopic (exact) mass is 1040 g/mol. The standard InChI is InChI=1S/C68H126O6/c1-4-7-10-13-16-19-21-23-25-27-29-31-32-33-34-35-36-38-39-41-43-45-47-49-52-55-58-61-67(70)73-64-65(63-72-66(69)60-57-54-51-18-15-12-9-6-3)74-68(71)62-59-56-53-50-48-46-44-42-40-37-30-28-26-24-22-20-17-14-11-8-5-2/h22,24,27-30,65H,4-21,23,25-26,31-64H2,1-3H3/b24-22-,29-27-,30-28-. The maximum Gasteiger partial charge on any atom is 0.306 e. The molecule has 434 valence electrons. The number of unbranched alkanes of at least 4 members (excludes halogenated alkanes) is 44. The molecule has 0 N–H and O–H groups in total. The maximum absolute atomic E-state index is 12.9. The Bertz CT molecular complexity index is 1240. The third-order valence-corrected chi connectivity index (χ3v) is 14.9. The van der Waals surface area contributed by atoms with E-state index in [4.69, 9.17) is 14.2 Å². The Morgan fingerprint density at radius 3 is 0.757 bits per heavy atom. The lowest BCUT2D eigenvalue weighted by molar-refractivity contribution is -0.167. The Morgan fingerprint density at radius 1 is 0.270 bits per heavy atom. The van der Waals surface area contributed by atoms with Crippen molar-refractivity contribution in [2.45, 2.75) is 367 Å². The van der Waals surface area contributed by atoms with E-state index in [9.17, 15) is 14.4 Å². The molecule has 1 atom stereocenters. The molecule has 0 bridgehead atoms. The molecule has 0 fully saturated rings. The summed E-state index contributed by atoms with van der Waals surface area (Å²) in [5.41, 5.74) is 0. The van der Waals surface area contributed by atoms with Gasteiger partial charge in [-0.2, -0.15) is 0 Å². The Labute approximate surface area is 461 Å². The highest BCUT2D eigenvalue weighted by molar-refractivity contribution is 5.71. The molecule has 0 saturated heterocycles. The van der Waals surface area contributed by atoms with Crippen molar-refractivity contribution in [1.29, 1.82) is 0 Å². The molecule has 0 aromatic heterocycles. The lowest BCUT2D eigenvalue weighted by Crippen LogP contribution is -2.30. The van der Waals surface area contributed by atoms with Crippen LogP contribution in [0.1, 0.15) is 361 Å². The van der Waals surface area contributed by atoms with Gasteiger partial charge in [-0.3, -0.25) is 14.4 Å². The third kappa shape index (κ3) is 60.5. The van der Waals surface area contributed by atoms with E-state index >= 15 is 0 Å². The van der Waals surface area contributed by atoms with Crippen molar-refractivity contribution in [3.63, 3.8) is 0 Å². The molecule has 0 spiro atoms. The molecule has 0 aliphatic carbocycles. The van der Waals surface area contributed by atoms with E-state index in [2.05, 4.69) is 57.2 Å². The van der Waals surface area contributed by atoms with Crippen LogP contribution in [0, 0.1) is 0 Å². The van der Waals surface area contributed by atoms with Crippen LogP contribution >= 0.6 is 0 Å². The molecule has 6 nitrogen and oxygen atoms in total. The number of rotatable bonds is 61. The van der Waals surface area contributed by atoms with Gasteiger partial charge in [-0.15, -0.1) is 0 Å². The first-order valence-electron chi connectivity index (χ1n) is 33.0. The van der Waals surface area contributed by atoms with E-state index in [1.165, 1.54) is 257 Å². The average Bonchev–Trinajstić information content (AvgIpc) is 3.40. The molecule has 74 heavy (non-hydrogen) atoms. The van der Waals surface area contributed by atoms with Crippen LogP contribution < -0.4 is 0 Å². The fourth-order valence-corrected chi connectivity index (χ4v) is 9.88. The van der Waals surface area contributed by atoms with E-state index in [1.807, 2.05) is 0 Å². The van der Waals surface area contributed by atoms with E-state index < -0.39 is 6.10 Å². The molecule has 0 saturated carbocycles. The number of allylic oxidation sites excluding steroid dienone is 6. The molecule has 0 aromatic carbocycles. The van der Waals surface area contributed by atoms with Crippen molar-refractivity contribution in [3.05, 3.63) is 36.5 Å². The highest BCUT2D eigenvalue weighted by Crippen LogP contribution is 2.17. The van der Waals surface area contributed by atoms with Crippen LogP contribution in [0.15, 0.2) is 36.5 Å². The molecule has 1 unspecified atom stereocenters. The Balaban J connectivity index is 4.11. The first-order chi connectivity index (χ1) is 36.5. The van der Waals surface area contributed by atoms with Crippen LogP contribution in [0.5, 0.6) is 0 Å². The quantitative estimate of drug-likeness (QED) is 0.0261. The summed E-state index contributed by atoms with van der Waals surface area (Å²) in [7, 11) is 0. The Morgan fingerprint density at radius 2 is 0.486 bits per heavy atom. The minimum Gasteiger partial charge on any atom is -0.462 e. The van der Waals surface area contributed by atoms with Gasteiger partial charge in [-0.25, -0.2) is 0 Å². The molecule has 0 heterocycles. The molecule has 0 rings (SSSR count). The summed E-state index contributed by atoms with van der Waals surface area (Å²) in [5.74, 6) is -0.856. The maximum atomic E-state index is 12.9. The minimum absolute atomic E-state index is 0.0696. The summed E-state index contributed by atoms with van der Waals surface area (Å²) in [6.07, 6.45) is 77.5. The van der Waals surface area contributed by atoms with E-state index in [-0.39, 0.29) is 31.1 Å². The summed E-state index contributed by atoms with van der Waals surface area (Å²) >= 11 is 0.